The van der Waals surface area contributed by atoms with Crippen LogP contribution in [0.15, 0.2) is 28.1 Å². The predicted octanol–water partition coefficient (Wildman–Crippen LogP) is 9.12. The second-order valence-electron chi connectivity index (χ2n) is 9.84. The molecule has 180 valence electrons. The molecule has 4 aromatic rings. The van der Waals surface area contributed by atoms with E-state index in [1.807, 2.05) is 3.58 Å². The summed E-state index contributed by atoms with van der Waals surface area (Å²) in [5, 5.41) is 4.95. The van der Waals surface area contributed by atoms with Crippen molar-refractivity contribution < 1.29 is 0 Å². The molecule has 0 atom stereocenters. The van der Waals surface area contributed by atoms with E-state index in [-0.39, 0.29) is 20.4 Å². The fourth-order valence-corrected chi connectivity index (χ4v) is 13.8. The van der Waals surface area contributed by atoms with Gasteiger partial charge in [-0.1, -0.05) is 45.4 Å². The average molecular weight is 688 g/mol. The Morgan fingerprint density at radius 2 is 1.06 bits per heavy atom. The van der Waals surface area contributed by atoms with Crippen LogP contribution in [0.5, 0.6) is 0 Å². The van der Waals surface area contributed by atoms with Gasteiger partial charge in [0.1, 0.15) is 0 Å². The van der Waals surface area contributed by atoms with E-state index < -0.39 is 0 Å². The first-order valence-corrected chi connectivity index (χ1v) is 19.7. The maximum atomic E-state index is 2.63. The van der Waals surface area contributed by atoms with Gasteiger partial charge in [-0.2, -0.15) is 0 Å². The number of rotatable bonds is 17. The Kier molecular flexibility index (Phi) is 11.8. The number of hydrogen-bond acceptors (Lipinski definition) is 0. The molecule has 0 aliphatic carbocycles. The van der Waals surface area contributed by atoms with Gasteiger partial charge in [-0.05, 0) is 0 Å². The van der Waals surface area contributed by atoms with Crippen LogP contribution in [0.4, 0.5) is 0 Å². The van der Waals surface area contributed by atoms with Crippen molar-refractivity contribution in [2.24, 2.45) is 0 Å². The number of aryl methyl sites for hydroxylation is 1. The van der Waals surface area contributed by atoms with Crippen LogP contribution in [0.1, 0.15) is 113 Å². The Balaban J connectivity index is 1.06. The molecule has 0 saturated carbocycles. The summed E-state index contributed by atoms with van der Waals surface area (Å²) in [6.07, 6.45) is 24.7. The first-order valence-electron chi connectivity index (χ1n) is 13.7. The fraction of sp³-hybridized carbons (Fsp3) is 0.600. The van der Waals surface area contributed by atoms with E-state index in [2.05, 4.69) is 35.0 Å². The van der Waals surface area contributed by atoms with E-state index in [4.69, 9.17) is 0 Å². The summed E-state index contributed by atoms with van der Waals surface area (Å²) < 4.78 is 7.10. The maximum absolute atomic E-state index is 2.63. The van der Waals surface area contributed by atoms with Crippen LogP contribution in [0.25, 0.3) is 28.1 Å². The van der Waals surface area contributed by atoms with Crippen LogP contribution < -0.4 is 0 Å². The van der Waals surface area contributed by atoms with Crippen LogP contribution in [-0.2, 0) is 6.42 Å². The summed E-state index contributed by atoms with van der Waals surface area (Å²) in [4.78, 5) is 4.92. The summed E-state index contributed by atoms with van der Waals surface area (Å²) in [5.41, 5.74) is 0. The molecule has 0 radical (unpaired) electrons. The van der Waals surface area contributed by atoms with E-state index in [1.54, 1.807) is 28.1 Å². The Morgan fingerprint density at radius 3 is 1.64 bits per heavy atom. The van der Waals surface area contributed by atoms with Gasteiger partial charge < -0.3 is 0 Å². The first-order chi connectivity index (χ1) is 16.4. The molecule has 3 aromatic heterocycles. The van der Waals surface area contributed by atoms with Crippen molar-refractivity contribution in [3.8, 4) is 0 Å². The molecular weight excluding hydrogens is 646 g/mol. The third-order valence-corrected chi connectivity index (χ3v) is 15.2. The predicted molar refractivity (Wildman–Crippen MR) is 153 cm³/mol. The van der Waals surface area contributed by atoms with E-state index in [9.17, 15) is 0 Å². The van der Waals surface area contributed by atoms with Gasteiger partial charge in [0.2, 0.25) is 0 Å². The van der Waals surface area contributed by atoms with Gasteiger partial charge in [-0.3, -0.25) is 0 Å². The van der Waals surface area contributed by atoms with E-state index in [0.29, 0.717) is 29.0 Å². The quantitative estimate of drug-likeness (QED) is 0.0768. The second-order valence-corrected chi connectivity index (χ2v) is 16.9. The van der Waals surface area contributed by atoms with E-state index in [0.717, 1.165) is 0 Å². The Labute approximate surface area is 223 Å². The molecule has 0 fully saturated rings. The minimum absolute atomic E-state index is 0.116. The van der Waals surface area contributed by atoms with Crippen molar-refractivity contribution in [3.05, 3.63) is 31.7 Å². The molecule has 4 rings (SSSR count). The van der Waals surface area contributed by atoms with E-state index in [1.165, 1.54) is 109 Å². The Bertz CT molecular complexity index is 1020. The fourth-order valence-electron chi connectivity index (χ4n) is 5.17. The van der Waals surface area contributed by atoms with Crippen LogP contribution >= 0.6 is 0 Å². The molecule has 0 aliphatic heterocycles. The Morgan fingerprint density at radius 1 is 0.576 bits per heavy atom. The summed E-state index contributed by atoms with van der Waals surface area (Å²) in [6.45, 7) is 2.31. The van der Waals surface area contributed by atoms with Gasteiger partial charge in [0.25, 0.3) is 0 Å². The van der Waals surface area contributed by atoms with Crippen LogP contribution in [0.2, 0.25) is 0 Å². The molecule has 0 spiro atoms. The van der Waals surface area contributed by atoms with Crippen molar-refractivity contribution in [1.29, 1.82) is 0 Å². The van der Waals surface area contributed by atoms with Gasteiger partial charge in [-0.25, -0.2) is 0 Å². The van der Waals surface area contributed by atoms with Crippen molar-refractivity contribution in [3.63, 3.8) is 0 Å². The second kappa shape index (κ2) is 14.7. The molecule has 3 heterocycles. The molecule has 0 unspecified atom stereocenters. The first kappa shape index (κ1) is 26.3. The van der Waals surface area contributed by atoms with Gasteiger partial charge in [-0.15, -0.1) is 0 Å². The third kappa shape index (κ3) is 7.62. The minimum atomic E-state index is -0.116. The number of hydrogen-bond donors (Lipinski definition) is 0. The normalized spacial score (nSPS) is 12.0. The summed E-state index contributed by atoms with van der Waals surface area (Å²) >= 11 is 1.08. The van der Waals surface area contributed by atoms with Crippen LogP contribution in [0.3, 0.4) is 0 Å². The summed E-state index contributed by atoms with van der Waals surface area (Å²) in [5.74, 6) is 0. The van der Waals surface area contributed by atoms with Gasteiger partial charge >= 0.3 is 180 Å². The van der Waals surface area contributed by atoms with Gasteiger partial charge in [0.15, 0.2) is 0 Å². The summed E-state index contributed by atoms with van der Waals surface area (Å²) in [6, 6.07) is 7.55. The zero-order valence-electron chi connectivity index (χ0n) is 20.6. The van der Waals surface area contributed by atoms with Crippen molar-refractivity contribution >= 4 is 77.5 Å². The van der Waals surface area contributed by atoms with Gasteiger partial charge in [0.05, 0.1) is 0 Å². The molecule has 1 aromatic carbocycles. The summed E-state index contributed by atoms with van der Waals surface area (Å²) in [7, 11) is 0. The topological polar surface area (TPSA) is 0 Å². The SMILES string of the molecule is CCCCCCCCCCCCCCCCCCc1cc2c3cc[se]c3c3[se]ccc3c2[te]1. The molecule has 0 N–H and O–H groups in total. The standard InChI is InChI=1S/C30H42Se2Te/c1-2-3-4-5-6-7-8-9-10-11-12-13-14-15-16-17-18-24-23-27-25-19-21-31-28(25)29-26(20-22-32-29)30(27)33-24/h19-23H,2-18H2,1H3. The Hall–Kier alpha value is 0.269. The average Bonchev–Trinajstić information content (AvgIpc) is 3.56. The van der Waals surface area contributed by atoms with Crippen molar-refractivity contribution in [2.75, 3.05) is 0 Å². The van der Waals surface area contributed by atoms with E-state index >= 15 is 0 Å². The molecular formula is C30H42Se2Te. The molecule has 33 heavy (non-hydrogen) atoms. The number of fused-ring (bicyclic) bond motifs is 6. The molecule has 0 bridgehead atoms. The third-order valence-electron chi connectivity index (χ3n) is 7.13. The zero-order chi connectivity index (χ0) is 22.7. The molecule has 0 aliphatic rings. The molecule has 0 saturated heterocycles. The molecule has 0 nitrogen and oxygen atoms in total. The molecule has 0 amide bonds. The van der Waals surface area contributed by atoms with Crippen LogP contribution in [-0.4, -0.2) is 49.4 Å². The number of benzene rings is 1. The monoisotopic (exact) mass is 692 g/mol. The molecule has 3 heteroatoms. The van der Waals surface area contributed by atoms with Crippen LogP contribution in [0, 0.1) is 0 Å². The van der Waals surface area contributed by atoms with Crippen molar-refractivity contribution in [1.82, 2.24) is 0 Å². The number of unbranched alkanes of at least 4 members (excludes halogenated alkanes) is 15. The van der Waals surface area contributed by atoms with Crippen molar-refractivity contribution in [2.45, 2.75) is 116 Å². The zero-order valence-corrected chi connectivity index (χ0v) is 26.4. The van der Waals surface area contributed by atoms with Gasteiger partial charge in [0, 0.05) is 0 Å².